The van der Waals surface area contributed by atoms with Crippen molar-refractivity contribution < 1.29 is 4.63 Å². The molecular formula is C5H6N6OS. The summed E-state index contributed by atoms with van der Waals surface area (Å²) in [6.45, 7) is 0. The van der Waals surface area contributed by atoms with E-state index in [0.717, 1.165) is 0 Å². The molecule has 7 nitrogen and oxygen atoms in total. The van der Waals surface area contributed by atoms with Crippen molar-refractivity contribution in [2.24, 2.45) is 0 Å². The highest BCUT2D eigenvalue weighted by Gasteiger charge is 2.13. The van der Waals surface area contributed by atoms with Crippen molar-refractivity contribution in [3.63, 3.8) is 0 Å². The van der Waals surface area contributed by atoms with E-state index in [1.165, 1.54) is 11.3 Å². The van der Waals surface area contributed by atoms with E-state index in [0.29, 0.717) is 15.8 Å². The van der Waals surface area contributed by atoms with Gasteiger partial charge in [0.15, 0.2) is 16.5 Å². The summed E-state index contributed by atoms with van der Waals surface area (Å²) in [5, 5.41) is 18.9. The molecule has 2 rings (SSSR count). The van der Waals surface area contributed by atoms with E-state index in [9.17, 15) is 0 Å². The molecule has 0 saturated heterocycles. The van der Waals surface area contributed by atoms with Crippen LogP contribution in [0.3, 0.4) is 0 Å². The molecule has 3 N–H and O–H groups in total. The van der Waals surface area contributed by atoms with Gasteiger partial charge in [-0.25, -0.2) is 4.63 Å². The maximum atomic E-state index is 5.47. The van der Waals surface area contributed by atoms with Crippen molar-refractivity contribution in [1.82, 2.24) is 20.5 Å². The van der Waals surface area contributed by atoms with E-state index in [1.54, 1.807) is 7.05 Å². The maximum absolute atomic E-state index is 5.47. The summed E-state index contributed by atoms with van der Waals surface area (Å²) in [5.74, 6) is 0.221. The molecule has 0 aliphatic heterocycles. The monoisotopic (exact) mass is 198 g/mol. The quantitative estimate of drug-likeness (QED) is 0.711. The predicted molar refractivity (Wildman–Crippen MR) is 47.2 cm³/mol. The topological polar surface area (TPSA) is 103 Å². The molecule has 2 heterocycles. The summed E-state index contributed by atoms with van der Waals surface area (Å²) < 4.78 is 4.44. The van der Waals surface area contributed by atoms with Gasteiger partial charge in [-0.2, -0.15) is 0 Å². The number of nitrogens with two attached hydrogens (primary N) is 1. The van der Waals surface area contributed by atoms with Gasteiger partial charge in [-0.05, 0) is 10.3 Å². The summed E-state index contributed by atoms with van der Waals surface area (Å²) >= 11 is 1.33. The summed E-state index contributed by atoms with van der Waals surface area (Å²) in [6.07, 6.45) is 0. The third-order valence-electron chi connectivity index (χ3n) is 1.36. The number of nitrogen functional groups attached to an aromatic ring is 1. The number of hydrogen-bond acceptors (Lipinski definition) is 8. The molecule has 0 atom stereocenters. The second kappa shape index (κ2) is 2.98. The number of nitrogens with one attached hydrogen (secondary N) is 1. The van der Waals surface area contributed by atoms with Crippen LogP contribution >= 0.6 is 11.3 Å². The van der Waals surface area contributed by atoms with E-state index in [2.05, 4.69) is 30.5 Å². The molecular weight excluding hydrogens is 192 g/mol. The zero-order valence-corrected chi connectivity index (χ0v) is 7.50. The average molecular weight is 198 g/mol. The van der Waals surface area contributed by atoms with Crippen molar-refractivity contribution in [1.29, 1.82) is 0 Å². The fourth-order valence-corrected chi connectivity index (χ4v) is 1.45. The first-order valence-corrected chi connectivity index (χ1v) is 4.22. The van der Waals surface area contributed by atoms with Crippen LogP contribution in [-0.2, 0) is 0 Å². The van der Waals surface area contributed by atoms with Gasteiger partial charge in [0.05, 0.1) is 0 Å². The number of aromatic nitrogens is 4. The number of rotatable bonds is 2. The number of nitrogens with zero attached hydrogens (tertiary/aromatic N) is 4. The molecule has 0 amide bonds. The minimum Gasteiger partial charge on any atom is -0.379 e. The summed E-state index contributed by atoms with van der Waals surface area (Å²) in [7, 11) is 1.76. The Kier molecular flexibility index (Phi) is 1.81. The lowest BCUT2D eigenvalue weighted by molar-refractivity contribution is 0.310. The second-order valence-electron chi connectivity index (χ2n) is 2.16. The molecule has 0 aliphatic rings. The lowest BCUT2D eigenvalue weighted by Gasteiger charge is -1.85. The lowest BCUT2D eigenvalue weighted by Crippen LogP contribution is -1.87. The zero-order valence-electron chi connectivity index (χ0n) is 6.68. The Morgan fingerprint density at radius 2 is 2.23 bits per heavy atom. The fourth-order valence-electron chi connectivity index (χ4n) is 0.764. The van der Waals surface area contributed by atoms with Crippen LogP contribution in [-0.4, -0.2) is 27.6 Å². The van der Waals surface area contributed by atoms with Crippen LogP contribution in [0.15, 0.2) is 4.63 Å². The minimum atomic E-state index is 0.221. The van der Waals surface area contributed by atoms with Gasteiger partial charge in [0.25, 0.3) is 0 Å². The lowest BCUT2D eigenvalue weighted by atomic mass is 10.5. The minimum absolute atomic E-state index is 0.221. The van der Waals surface area contributed by atoms with Gasteiger partial charge in [0.2, 0.25) is 5.13 Å². The van der Waals surface area contributed by atoms with Gasteiger partial charge >= 0.3 is 0 Å². The van der Waals surface area contributed by atoms with Crippen LogP contribution < -0.4 is 11.1 Å². The van der Waals surface area contributed by atoms with Gasteiger partial charge in [-0.15, -0.1) is 10.2 Å². The van der Waals surface area contributed by atoms with Crippen LogP contribution in [0.2, 0.25) is 0 Å². The molecule has 0 fully saturated rings. The van der Waals surface area contributed by atoms with Crippen molar-refractivity contribution in [2.45, 2.75) is 0 Å². The van der Waals surface area contributed by atoms with Crippen LogP contribution in [0.4, 0.5) is 10.9 Å². The maximum Gasteiger partial charge on any atom is 0.205 e. The summed E-state index contributed by atoms with van der Waals surface area (Å²) in [6, 6.07) is 0. The fraction of sp³-hybridized carbons (Fsp3) is 0.200. The Hall–Kier alpha value is -1.70. The van der Waals surface area contributed by atoms with Crippen molar-refractivity contribution in [3.8, 4) is 10.7 Å². The molecule has 0 saturated carbocycles. The highest BCUT2D eigenvalue weighted by atomic mass is 32.1. The molecule has 2 aromatic rings. The largest absolute Gasteiger partial charge is 0.379 e. The molecule has 0 aliphatic carbocycles. The summed E-state index contributed by atoms with van der Waals surface area (Å²) in [5.41, 5.74) is 5.90. The highest BCUT2D eigenvalue weighted by molar-refractivity contribution is 7.18. The van der Waals surface area contributed by atoms with Gasteiger partial charge in [0, 0.05) is 7.05 Å². The molecule has 0 spiro atoms. The normalized spacial score (nSPS) is 10.2. The number of hydrogen-bond donors (Lipinski definition) is 2. The van der Waals surface area contributed by atoms with Crippen molar-refractivity contribution in [2.75, 3.05) is 18.1 Å². The van der Waals surface area contributed by atoms with Gasteiger partial charge in [-0.1, -0.05) is 11.3 Å². The Labute approximate surface area is 76.9 Å². The SMILES string of the molecule is CNc1nnc(-c2nonc2N)s1. The molecule has 0 unspecified atom stereocenters. The van der Waals surface area contributed by atoms with Gasteiger partial charge in [0.1, 0.15) is 0 Å². The molecule has 0 aromatic carbocycles. The first-order chi connectivity index (χ1) is 6.31. The standard InChI is InChI=1S/C5H6N6OS/c1-7-5-9-8-4(13-5)2-3(6)11-12-10-2/h1H3,(H2,6,11)(H,7,9). The van der Waals surface area contributed by atoms with E-state index in [1.807, 2.05) is 0 Å². The Morgan fingerprint density at radius 1 is 1.38 bits per heavy atom. The zero-order chi connectivity index (χ0) is 9.26. The van der Waals surface area contributed by atoms with E-state index >= 15 is 0 Å². The average Bonchev–Trinajstić information content (AvgIpc) is 2.71. The molecule has 0 bridgehead atoms. The van der Waals surface area contributed by atoms with Crippen molar-refractivity contribution >= 4 is 22.3 Å². The first-order valence-electron chi connectivity index (χ1n) is 3.41. The Morgan fingerprint density at radius 3 is 2.77 bits per heavy atom. The molecule has 13 heavy (non-hydrogen) atoms. The second-order valence-corrected chi connectivity index (χ2v) is 3.14. The highest BCUT2D eigenvalue weighted by Crippen LogP contribution is 2.27. The smallest absolute Gasteiger partial charge is 0.205 e. The Bertz CT molecular complexity index is 409. The molecule has 0 radical (unpaired) electrons. The van der Waals surface area contributed by atoms with E-state index in [-0.39, 0.29) is 5.82 Å². The van der Waals surface area contributed by atoms with Crippen LogP contribution in [0.25, 0.3) is 10.7 Å². The Balaban J connectivity index is 2.41. The van der Waals surface area contributed by atoms with Crippen LogP contribution in [0, 0.1) is 0 Å². The molecule has 8 heteroatoms. The predicted octanol–water partition coefficient (Wildman–Crippen LogP) is 0.212. The summed E-state index contributed by atoms with van der Waals surface area (Å²) in [4.78, 5) is 0. The third kappa shape index (κ3) is 1.31. The third-order valence-corrected chi connectivity index (χ3v) is 2.30. The molecule has 2 aromatic heterocycles. The number of anilines is 2. The van der Waals surface area contributed by atoms with E-state index < -0.39 is 0 Å². The van der Waals surface area contributed by atoms with Gasteiger partial charge < -0.3 is 11.1 Å². The van der Waals surface area contributed by atoms with Crippen molar-refractivity contribution in [3.05, 3.63) is 0 Å². The van der Waals surface area contributed by atoms with Gasteiger partial charge in [-0.3, -0.25) is 0 Å². The van der Waals surface area contributed by atoms with E-state index in [4.69, 9.17) is 5.73 Å². The molecule has 68 valence electrons. The van der Waals surface area contributed by atoms with Crippen LogP contribution in [0.1, 0.15) is 0 Å². The first kappa shape index (κ1) is 7.92. The van der Waals surface area contributed by atoms with Crippen LogP contribution in [0.5, 0.6) is 0 Å².